The fraction of sp³-hybridized carbons (Fsp3) is 0.765. The first kappa shape index (κ1) is 33.3. The number of carbonyl (C=O) groups excluding carboxylic acids is 2. The van der Waals surface area contributed by atoms with Gasteiger partial charge in [-0.25, -0.2) is 4.79 Å². The van der Waals surface area contributed by atoms with Crippen LogP contribution < -0.4 is 0 Å². The van der Waals surface area contributed by atoms with Crippen LogP contribution in [0, 0.1) is 28.6 Å². The molecule has 4 N–H and O–H groups in total. The number of benzene rings is 1. The van der Waals surface area contributed by atoms with Crippen LogP contribution in [-0.2, 0) is 33.2 Å². The summed E-state index contributed by atoms with van der Waals surface area (Å²) in [7, 11) is 5.94. The third kappa shape index (κ3) is 3.65. The lowest BCUT2D eigenvalue weighted by Crippen LogP contribution is -2.85. The highest BCUT2D eigenvalue weighted by atomic mass is 16.6. The van der Waals surface area contributed by atoms with Crippen molar-refractivity contribution in [1.82, 2.24) is 4.90 Å². The van der Waals surface area contributed by atoms with Gasteiger partial charge in [0.05, 0.1) is 42.0 Å². The van der Waals surface area contributed by atoms with Crippen LogP contribution in [-0.4, -0.2) is 145 Å². The molecule has 1 spiro atoms. The minimum atomic E-state index is -2.12. The Balaban J connectivity index is 1.57. The van der Waals surface area contributed by atoms with Gasteiger partial charge in [0.25, 0.3) is 0 Å². The zero-order chi connectivity index (χ0) is 33.9. The number of ether oxygens (including phenoxy) is 6. The van der Waals surface area contributed by atoms with Crippen molar-refractivity contribution in [3.8, 4) is 0 Å². The molecule has 7 bridgehead atoms. The summed E-state index contributed by atoms with van der Waals surface area (Å²) in [5, 5.41) is 51.1. The van der Waals surface area contributed by atoms with E-state index in [0.717, 1.165) is 0 Å². The van der Waals surface area contributed by atoms with E-state index in [-0.39, 0.29) is 18.6 Å². The highest BCUT2D eigenvalue weighted by molar-refractivity contribution is 5.89. The summed E-state index contributed by atoms with van der Waals surface area (Å²) in [6.07, 6.45) is -7.38. The molecule has 47 heavy (non-hydrogen) atoms. The maximum absolute atomic E-state index is 13.8. The smallest absolute Gasteiger partial charge is 0.338 e. The van der Waals surface area contributed by atoms with Crippen LogP contribution in [0.5, 0.6) is 0 Å². The Hall–Kier alpha value is -2.20. The van der Waals surface area contributed by atoms with Crippen molar-refractivity contribution in [2.45, 2.75) is 86.2 Å². The molecule has 1 aromatic carbocycles. The Morgan fingerprint density at radius 1 is 0.979 bits per heavy atom. The molecule has 5 aliphatic carbocycles. The highest BCUT2D eigenvalue weighted by Gasteiger charge is 2.96. The van der Waals surface area contributed by atoms with Gasteiger partial charge >= 0.3 is 11.9 Å². The van der Waals surface area contributed by atoms with Crippen LogP contribution >= 0.6 is 0 Å². The molecule has 0 radical (unpaired) electrons. The van der Waals surface area contributed by atoms with Crippen LogP contribution in [0.3, 0.4) is 0 Å². The highest BCUT2D eigenvalue weighted by Crippen LogP contribution is 2.81. The van der Waals surface area contributed by atoms with Gasteiger partial charge in [-0.2, -0.15) is 0 Å². The van der Waals surface area contributed by atoms with Crippen molar-refractivity contribution >= 4 is 11.9 Å². The second-order valence-electron chi connectivity index (χ2n) is 14.6. The Kier molecular flexibility index (Phi) is 7.72. The lowest BCUT2D eigenvalue weighted by molar-refractivity contribution is -0.355. The third-order valence-corrected chi connectivity index (χ3v) is 13.2. The molecule has 0 aromatic heterocycles. The van der Waals surface area contributed by atoms with E-state index in [1.54, 1.807) is 37.4 Å². The molecule has 7 rings (SSSR count). The number of likely N-dealkylation sites (tertiary alicyclic amines) is 1. The number of piperidine rings is 1. The summed E-state index contributed by atoms with van der Waals surface area (Å²) in [4.78, 5) is 29.2. The largest absolute Gasteiger partial charge is 0.455 e. The Morgan fingerprint density at radius 3 is 2.26 bits per heavy atom. The summed E-state index contributed by atoms with van der Waals surface area (Å²) < 4.78 is 36.9. The van der Waals surface area contributed by atoms with E-state index in [2.05, 4.69) is 4.90 Å². The first-order valence-corrected chi connectivity index (χ1v) is 16.4. The molecule has 6 fully saturated rings. The first-order valence-electron chi connectivity index (χ1n) is 16.4. The van der Waals surface area contributed by atoms with Crippen LogP contribution in [0.2, 0.25) is 0 Å². The van der Waals surface area contributed by atoms with Gasteiger partial charge in [-0.3, -0.25) is 9.69 Å². The van der Waals surface area contributed by atoms with E-state index in [1.165, 1.54) is 28.3 Å². The Bertz CT molecular complexity index is 1410. The van der Waals surface area contributed by atoms with Crippen molar-refractivity contribution in [2.75, 3.05) is 48.1 Å². The summed E-state index contributed by atoms with van der Waals surface area (Å²) >= 11 is 0. The second-order valence-corrected chi connectivity index (χ2v) is 14.6. The molecule has 260 valence electrons. The van der Waals surface area contributed by atoms with Gasteiger partial charge in [0.2, 0.25) is 0 Å². The molecule has 1 heterocycles. The summed E-state index contributed by atoms with van der Waals surface area (Å²) in [5.74, 6) is -4.34. The first-order chi connectivity index (χ1) is 22.3. The lowest BCUT2D eigenvalue weighted by atomic mass is 9.40. The number of carbonyl (C=O) groups is 2. The number of aliphatic hydroxyl groups is 4. The number of nitrogens with zero attached hydrogens (tertiary/aromatic N) is 1. The number of fused-ring (bicyclic) bond motifs is 2. The zero-order valence-corrected chi connectivity index (χ0v) is 27.7. The Morgan fingerprint density at radius 2 is 1.68 bits per heavy atom. The molecular formula is C34H47NO12. The van der Waals surface area contributed by atoms with Gasteiger partial charge in [-0.1, -0.05) is 25.1 Å². The van der Waals surface area contributed by atoms with E-state index in [1.807, 2.05) is 6.92 Å². The lowest BCUT2D eigenvalue weighted by Gasteiger charge is -2.72. The number of rotatable bonds is 9. The molecule has 15 atom stereocenters. The predicted molar refractivity (Wildman–Crippen MR) is 162 cm³/mol. The van der Waals surface area contributed by atoms with E-state index in [9.17, 15) is 30.0 Å². The van der Waals surface area contributed by atoms with E-state index in [4.69, 9.17) is 28.4 Å². The number of methoxy groups -OCH3 is 4. The van der Waals surface area contributed by atoms with Crippen LogP contribution in [0.4, 0.5) is 0 Å². The monoisotopic (exact) mass is 661 g/mol. The van der Waals surface area contributed by atoms with Gasteiger partial charge in [0.15, 0.2) is 5.60 Å². The van der Waals surface area contributed by atoms with Crippen LogP contribution in [0.1, 0.15) is 37.0 Å². The summed E-state index contributed by atoms with van der Waals surface area (Å²) in [5.41, 5.74) is -8.15. The van der Waals surface area contributed by atoms with Gasteiger partial charge in [0.1, 0.15) is 23.9 Å². The number of hydrogen-bond donors (Lipinski definition) is 4. The molecule has 1 saturated heterocycles. The van der Waals surface area contributed by atoms with E-state index in [0.29, 0.717) is 13.1 Å². The standard InChI is InChI=1S/C34H47NO12/c1-7-35-15-30(16-42-3)19(37)13-20(43-4)33-23(30)22(44-5)21(25(33)35)34(47-17(2)36)24-27(46-29(39)18-11-9-8-10-12-18)31(40,14-32(24,33)41)28(45-6)26(34)38/h8-12,19-28,37-38,40-41H,7,13-16H2,1-6H3/t19-,20+,21+,22?,23?,24?,25?,26+,27?,28+,30+,31?,32?,33-,34+/m1/s1. The van der Waals surface area contributed by atoms with Gasteiger partial charge in [0, 0.05) is 83.5 Å². The average Bonchev–Trinajstić information content (AvgIpc) is 3.39. The molecule has 7 unspecified atom stereocenters. The normalized spacial score (nSPS) is 50.7. The summed E-state index contributed by atoms with van der Waals surface area (Å²) in [6, 6.07) is 7.64. The molecule has 0 amide bonds. The van der Waals surface area contributed by atoms with Gasteiger partial charge < -0.3 is 48.8 Å². The molecule has 6 aliphatic rings. The van der Waals surface area contributed by atoms with Crippen molar-refractivity contribution in [3.05, 3.63) is 35.9 Å². The van der Waals surface area contributed by atoms with Crippen molar-refractivity contribution in [3.63, 3.8) is 0 Å². The number of esters is 2. The molecule has 5 saturated carbocycles. The zero-order valence-electron chi connectivity index (χ0n) is 27.7. The number of aliphatic hydroxyl groups excluding tert-OH is 2. The quantitative estimate of drug-likeness (QED) is 0.256. The van der Waals surface area contributed by atoms with Gasteiger partial charge in [-0.15, -0.1) is 0 Å². The molecule has 13 heteroatoms. The van der Waals surface area contributed by atoms with E-state index < -0.39 is 106 Å². The average molecular weight is 662 g/mol. The van der Waals surface area contributed by atoms with Crippen molar-refractivity contribution in [2.24, 2.45) is 28.6 Å². The molecular weight excluding hydrogens is 614 g/mol. The SMILES string of the molecule is CCN1C[C@@]2(COC)C3C(OC)[C@H]4C1[C@]3([C@@H](OC)C[C@H]2O)C1(O)CC2(O)C(OC(=O)c3ccccc3)C1[C@]4(OC(C)=O)[C@@H](O)[C@@H]2OC. The topological polar surface area (TPSA) is 174 Å². The molecule has 1 aliphatic heterocycles. The second kappa shape index (κ2) is 10.9. The van der Waals surface area contributed by atoms with Gasteiger partial charge in [-0.05, 0) is 18.7 Å². The van der Waals surface area contributed by atoms with Crippen LogP contribution in [0.25, 0.3) is 0 Å². The van der Waals surface area contributed by atoms with E-state index >= 15 is 0 Å². The minimum Gasteiger partial charge on any atom is -0.455 e. The fourth-order valence-electron chi connectivity index (χ4n) is 12.3. The fourth-order valence-corrected chi connectivity index (χ4v) is 12.3. The summed E-state index contributed by atoms with van der Waals surface area (Å²) in [6.45, 7) is 4.15. The molecule has 13 nitrogen and oxygen atoms in total. The minimum absolute atomic E-state index is 0.119. The predicted octanol–water partition coefficient (Wildman–Crippen LogP) is -0.237. The van der Waals surface area contributed by atoms with Crippen LogP contribution in [0.15, 0.2) is 30.3 Å². The third-order valence-electron chi connectivity index (χ3n) is 13.2. The maximum atomic E-state index is 13.8. The molecule has 1 aromatic rings. The van der Waals surface area contributed by atoms with Crippen molar-refractivity contribution in [1.29, 1.82) is 0 Å². The van der Waals surface area contributed by atoms with Crippen molar-refractivity contribution < 1.29 is 58.4 Å². The number of hydrogen-bond acceptors (Lipinski definition) is 13. The maximum Gasteiger partial charge on any atom is 0.338 e. The Labute approximate surface area is 274 Å².